The van der Waals surface area contributed by atoms with Crippen LogP contribution in [0, 0.1) is 9.49 Å². The quantitative estimate of drug-likeness (QED) is 0.802. The summed E-state index contributed by atoms with van der Waals surface area (Å²) in [6, 6.07) is 9.43. The Labute approximate surface area is 119 Å². The summed E-state index contributed by atoms with van der Waals surface area (Å²) in [5, 5.41) is 3.69. The number of rotatable bonds is 4. The summed E-state index contributed by atoms with van der Waals surface area (Å²) in [4.78, 5) is 0. The van der Waals surface area contributed by atoms with Crippen molar-refractivity contribution >= 4 is 22.6 Å². The molecule has 0 saturated heterocycles. The fourth-order valence-corrected chi connectivity index (χ4v) is 3.33. The molecule has 1 saturated carbocycles. The Morgan fingerprint density at radius 3 is 2.76 bits per heavy atom. The molecule has 0 heterocycles. The van der Waals surface area contributed by atoms with Gasteiger partial charge in [0.2, 0.25) is 0 Å². The third-order valence-electron chi connectivity index (χ3n) is 3.87. The summed E-state index contributed by atoms with van der Waals surface area (Å²) in [5.41, 5.74) is 1.40. The van der Waals surface area contributed by atoms with Crippen LogP contribution in [0.1, 0.15) is 44.6 Å². The first-order chi connectivity index (χ1) is 8.25. The van der Waals surface area contributed by atoms with Crippen LogP contribution in [-0.2, 0) is 6.54 Å². The lowest BCUT2D eigenvalue weighted by Gasteiger charge is -2.28. The Kier molecular flexibility index (Phi) is 5.29. The van der Waals surface area contributed by atoms with Crippen molar-refractivity contribution in [3.8, 4) is 0 Å². The third kappa shape index (κ3) is 4.25. The van der Waals surface area contributed by atoms with Crippen molar-refractivity contribution in [2.45, 2.75) is 51.6 Å². The molecule has 1 atom stereocenters. The van der Waals surface area contributed by atoms with Crippen molar-refractivity contribution in [3.05, 3.63) is 33.4 Å². The molecule has 1 aliphatic carbocycles. The van der Waals surface area contributed by atoms with E-state index in [1.54, 1.807) is 0 Å². The van der Waals surface area contributed by atoms with E-state index in [1.807, 2.05) is 0 Å². The average molecular weight is 343 g/mol. The molecule has 1 nitrogen and oxygen atoms in total. The molecule has 1 aromatic carbocycles. The van der Waals surface area contributed by atoms with Crippen molar-refractivity contribution in [1.29, 1.82) is 0 Å². The molecule has 17 heavy (non-hydrogen) atoms. The SMILES string of the molecule is C[C@@H](NCc1cccc(I)c1)C1CCCCC1. The number of nitrogens with one attached hydrogen (secondary N) is 1. The van der Waals surface area contributed by atoms with Crippen molar-refractivity contribution < 1.29 is 0 Å². The minimum atomic E-state index is 0.660. The van der Waals surface area contributed by atoms with Gasteiger partial charge in [-0.2, -0.15) is 0 Å². The molecule has 0 unspecified atom stereocenters. The molecule has 0 bridgehead atoms. The molecule has 1 aliphatic rings. The van der Waals surface area contributed by atoms with Crippen molar-refractivity contribution in [2.24, 2.45) is 5.92 Å². The van der Waals surface area contributed by atoms with Crippen LogP contribution in [-0.4, -0.2) is 6.04 Å². The van der Waals surface area contributed by atoms with E-state index in [4.69, 9.17) is 0 Å². The minimum Gasteiger partial charge on any atom is -0.310 e. The van der Waals surface area contributed by atoms with Gasteiger partial charge in [0.05, 0.1) is 0 Å². The van der Waals surface area contributed by atoms with Gasteiger partial charge in [-0.25, -0.2) is 0 Å². The highest BCUT2D eigenvalue weighted by atomic mass is 127. The maximum atomic E-state index is 3.69. The smallest absolute Gasteiger partial charge is 0.0208 e. The fraction of sp³-hybridized carbons (Fsp3) is 0.600. The van der Waals surface area contributed by atoms with Gasteiger partial charge in [-0.15, -0.1) is 0 Å². The Bertz CT molecular complexity index is 345. The van der Waals surface area contributed by atoms with E-state index >= 15 is 0 Å². The summed E-state index contributed by atoms with van der Waals surface area (Å²) >= 11 is 2.38. The zero-order chi connectivity index (χ0) is 12.1. The van der Waals surface area contributed by atoms with Gasteiger partial charge in [0.1, 0.15) is 0 Å². The molecule has 0 spiro atoms. The summed E-state index contributed by atoms with van der Waals surface area (Å²) in [6.45, 7) is 3.36. The lowest BCUT2D eigenvalue weighted by Crippen LogP contribution is -2.34. The summed E-state index contributed by atoms with van der Waals surface area (Å²) < 4.78 is 1.33. The lowest BCUT2D eigenvalue weighted by atomic mass is 9.84. The third-order valence-corrected chi connectivity index (χ3v) is 4.55. The van der Waals surface area contributed by atoms with Gasteiger partial charge in [-0.1, -0.05) is 31.4 Å². The molecule has 0 amide bonds. The second kappa shape index (κ2) is 6.74. The van der Waals surface area contributed by atoms with Gasteiger partial charge in [-0.3, -0.25) is 0 Å². The fourth-order valence-electron chi connectivity index (χ4n) is 2.73. The number of halogens is 1. The molecule has 2 heteroatoms. The van der Waals surface area contributed by atoms with E-state index in [2.05, 4.69) is 59.1 Å². The highest BCUT2D eigenvalue weighted by Crippen LogP contribution is 2.26. The molecule has 1 N–H and O–H groups in total. The van der Waals surface area contributed by atoms with Gasteiger partial charge in [0.25, 0.3) is 0 Å². The average Bonchev–Trinajstić information content (AvgIpc) is 2.37. The Hall–Kier alpha value is -0.0900. The highest BCUT2D eigenvalue weighted by Gasteiger charge is 2.19. The molecule has 1 aromatic rings. The monoisotopic (exact) mass is 343 g/mol. The topological polar surface area (TPSA) is 12.0 Å². The van der Waals surface area contributed by atoms with E-state index in [-0.39, 0.29) is 0 Å². The first-order valence-corrected chi connectivity index (χ1v) is 7.81. The van der Waals surface area contributed by atoms with Gasteiger partial charge in [0.15, 0.2) is 0 Å². The standard InChI is InChI=1S/C15H22IN/c1-12(14-7-3-2-4-8-14)17-11-13-6-5-9-15(16)10-13/h5-6,9-10,12,14,17H,2-4,7-8,11H2,1H3/t12-/m1/s1. The molecule has 2 rings (SSSR count). The highest BCUT2D eigenvalue weighted by molar-refractivity contribution is 14.1. The van der Waals surface area contributed by atoms with Crippen LogP contribution in [0.3, 0.4) is 0 Å². The predicted octanol–water partition coefficient (Wildman–Crippen LogP) is 4.35. The van der Waals surface area contributed by atoms with Crippen LogP contribution in [0.15, 0.2) is 24.3 Å². The lowest BCUT2D eigenvalue weighted by molar-refractivity contribution is 0.280. The van der Waals surface area contributed by atoms with E-state index in [9.17, 15) is 0 Å². The normalized spacial score (nSPS) is 19.2. The Balaban J connectivity index is 1.80. The molecule has 0 radical (unpaired) electrons. The summed E-state index contributed by atoms with van der Waals surface area (Å²) in [7, 11) is 0. The number of hydrogen-bond acceptors (Lipinski definition) is 1. The van der Waals surface area contributed by atoms with E-state index in [0.29, 0.717) is 6.04 Å². The van der Waals surface area contributed by atoms with Crippen molar-refractivity contribution in [1.82, 2.24) is 5.32 Å². The molecule has 0 aromatic heterocycles. The largest absolute Gasteiger partial charge is 0.310 e. The molecule has 0 aliphatic heterocycles. The summed E-state index contributed by atoms with van der Waals surface area (Å²) in [5.74, 6) is 0.895. The number of benzene rings is 1. The van der Waals surface area contributed by atoms with Gasteiger partial charge < -0.3 is 5.32 Å². The van der Waals surface area contributed by atoms with E-state index in [0.717, 1.165) is 12.5 Å². The number of hydrogen-bond donors (Lipinski definition) is 1. The minimum absolute atomic E-state index is 0.660. The Morgan fingerprint density at radius 1 is 1.29 bits per heavy atom. The van der Waals surface area contributed by atoms with Gasteiger partial charge in [-0.05, 0) is 66.0 Å². The Morgan fingerprint density at radius 2 is 2.06 bits per heavy atom. The van der Waals surface area contributed by atoms with Crippen molar-refractivity contribution in [2.75, 3.05) is 0 Å². The van der Waals surface area contributed by atoms with Crippen LogP contribution in [0.25, 0.3) is 0 Å². The van der Waals surface area contributed by atoms with Crippen LogP contribution in [0.5, 0.6) is 0 Å². The maximum Gasteiger partial charge on any atom is 0.0208 e. The van der Waals surface area contributed by atoms with Crippen LogP contribution >= 0.6 is 22.6 Å². The van der Waals surface area contributed by atoms with Crippen LogP contribution in [0.4, 0.5) is 0 Å². The zero-order valence-electron chi connectivity index (χ0n) is 10.6. The second-order valence-electron chi connectivity index (χ2n) is 5.20. The summed E-state index contributed by atoms with van der Waals surface area (Å²) in [6.07, 6.45) is 7.14. The van der Waals surface area contributed by atoms with E-state index < -0.39 is 0 Å². The van der Waals surface area contributed by atoms with E-state index in [1.165, 1.54) is 41.2 Å². The van der Waals surface area contributed by atoms with Crippen LogP contribution < -0.4 is 5.32 Å². The van der Waals surface area contributed by atoms with Crippen molar-refractivity contribution in [3.63, 3.8) is 0 Å². The first kappa shape index (κ1) is 13.3. The molecule has 1 fully saturated rings. The zero-order valence-corrected chi connectivity index (χ0v) is 12.7. The predicted molar refractivity (Wildman–Crippen MR) is 82.0 cm³/mol. The molecule has 94 valence electrons. The van der Waals surface area contributed by atoms with Crippen LogP contribution in [0.2, 0.25) is 0 Å². The molecular formula is C15H22IN. The second-order valence-corrected chi connectivity index (χ2v) is 6.44. The first-order valence-electron chi connectivity index (χ1n) is 6.73. The maximum absolute atomic E-state index is 3.69. The molecular weight excluding hydrogens is 321 g/mol. The van der Waals surface area contributed by atoms with Gasteiger partial charge in [0, 0.05) is 16.2 Å². The van der Waals surface area contributed by atoms with Gasteiger partial charge >= 0.3 is 0 Å².